The summed E-state index contributed by atoms with van der Waals surface area (Å²) in [4.78, 5) is 15.2. The van der Waals surface area contributed by atoms with Crippen LogP contribution in [0.15, 0.2) is 18.3 Å². The van der Waals surface area contributed by atoms with E-state index in [0.717, 1.165) is 16.0 Å². The predicted octanol–water partition coefficient (Wildman–Crippen LogP) is 3.55. The minimum atomic E-state index is -0.369. The van der Waals surface area contributed by atoms with Crippen LogP contribution in [0.4, 0.5) is 10.2 Å². The second kappa shape index (κ2) is 4.79. The molecule has 20 heavy (non-hydrogen) atoms. The van der Waals surface area contributed by atoms with E-state index in [4.69, 9.17) is 0 Å². The molecule has 0 aliphatic heterocycles. The van der Waals surface area contributed by atoms with Gasteiger partial charge in [-0.1, -0.05) is 0 Å². The van der Waals surface area contributed by atoms with Crippen molar-refractivity contribution in [3.05, 3.63) is 34.6 Å². The van der Waals surface area contributed by atoms with Crippen molar-refractivity contribution < 1.29 is 4.39 Å². The molecule has 0 aromatic carbocycles. The fourth-order valence-corrected chi connectivity index (χ4v) is 3.08. The van der Waals surface area contributed by atoms with Gasteiger partial charge in [0.15, 0.2) is 5.82 Å². The number of pyridine rings is 1. The molecule has 0 atom stereocenters. The number of halogens is 1. The van der Waals surface area contributed by atoms with Gasteiger partial charge >= 0.3 is 0 Å². The van der Waals surface area contributed by atoms with Gasteiger partial charge in [-0.3, -0.25) is 0 Å². The van der Waals surface area contributed by atoms with Crippen LogP contribution in [0.2, 0.25) is 0 Å². The normalized spacial score (nSPS) is 11.0. The van der Waals surface area contributed by atoms with Crippen molar-refractivity contribution in [1.29, 1.82) is 0 Å². The molecule has 0 unspecified atom stereocenters. The monoisotopic (exact) mass is 288 g/mol. The molecule has 0 fully saturated rings. The molecule has 0 spiro atoms. The number of rotatable bonds is 2. The first-order valence-electron chi connectivity index (χ1n) is 6.17. The van der Waals surface area contributed by atoms with Gasteiger partial charge < -0.3 is 5.32 Å². The Labute approximate surface area is 119 Å². The Morgan fingerprint density at radius 1 is 1.20 bits per heavy atom. The van der Waals surface area contributed by atoms with Crippen LogP contribution in [-0.4, -0.2) is 22.0 Å². The summed E-state index contributed by atoms with van der Waals surface area (Å²) < 4.78 is 12.9. The van der Waals surface area contributed by atoms with Crippen LogP contribution in [0.25, 0.3) is 21.7 Å². The van der Waals surface area contributed by atoms with E-state index in [0.29, 0.717) is 11.5 Å². The average molecular weight is 288 g/mol. The summed E-state index contributed by atoms with van der Waals surface area (Å²) in [6, 6.07) is 2.95. The SMILES string of the molecule is CNc1nc(-c2ccc(F)cn2)nc2sc(C)c(C)c12. The van der Waals surface area contributed by atoms with Gasteiger partial charge in [-0.2, -0.15) is 0 Å². The zero-order chi connectivity index (χ0) is 14.3. The standard InChI is InChI=1S/C14H13FN4S/c1-7-8(2)20-14-11(7)13(16-3)18-12(19-14)10-5-4-9(15)6-17-10/h4-6H,1-3H3,(H,16,18,19). The smallest absolute Gasteiger partial charge is 0.181 e. The first-order chi connectivity index (χ1) is 9.60. The molecule has 1 N–H and O–H groups in total. The summed E-state index contributed by atoms with van der Waals surface area (Å²) >= 11 is 1.63. The van der Waals surface area contributed by atoms with Gasteiger partial charge in [-0.25, -0.2) is 19.3 Å². The highest BCUT2D eigenvalue weighted by atomic mass is 32.1. The fourth-order valence-electron chi connectivity index (χ4n) is 2.05. The van der Waals surface area contributed by atoms with Crippen molar-refractivity contribution >= 4 is 27.4 Å². The number of hydrogen-bond acceptors (Lipinski definition) is 5. The Hall–Kier alpha value is -2.08. The molecule has 0 radical (unpaired) electrons. The van der Waals surface area contributed by atoms with Gasteiger partial charge in [0.25, 0.3) is 0 Å². The Bertz CT molecular complexity index is 780. The number of hydrogen-bond donors (Lipinski definition) is 1. The molecular weight excluding hydrogens is 275 g/mol. The largest absolute Gasteiger partial charge is 0.372 e. The molecule has 0 amide bonds. The molecule has 3 rings (SSSR count). The summed E-state index contributed by atoms with van der Waals surface area (Å²) in [5.41, 5.74) is 1.75. The summed E-state index contributed by atoms with van der Waals surface area (Å²) in [5, 5.41) is 4.14. The van der Waals surface area contributed by atoms with E-state index in [1.807, 2.05) is 7.05 Å². The van der Waals surface area contributed by atoms with E-state index in [-0.39, 0.29) is 5.82 Å². The molecule has 3 heterocycles. The van der Waals surface area contributed by atoms with Crippen LogP contribution in [0.1, 0.15) is 10.4 Å². The van der Waals surface area contributed by atoms with Gasteiger partial charge in [-0.05, 0) is 31.5 Å². The maximum absolute atomic E-state index is 12.9. The number of nitrogens with one attached hydrogen (secondary N) is 1. The second-order valence-corrected chi connectivity index (χ2v) is 5.67. The average Bonchev–Trinajstić information content (AvgIpc) is 2.74. The Kier molecular flexibility index (Phi) is 3.10. The molecule has 0 aliphatic carbocycles. The van der Waals surface area contributed by atoms with Gasteiger partial charge in [-0.15, -0.1) is 11.3 Å². The van der Waals surface area contributed by atoms with Crippen LogP contribution in [0, 0.1) is 19.7 Å². The number of aryl methyl sites for hydroxylation is 2. The van der Waals surface area contributed by atoms with Gasteiger partial charge in [0.2, 0.25) is 0 Å². The van der Waals surface area contributed by atoms with E-state index in [9.17, 15) is 4.39 Å². The van der Waals surface area contributed by atoms with Crippen molar-refractivity contribution in [3.63, 3.8) is 0 Å². The summed E-state index contributed by atoms with van der Waals surface area (Å²) in [5.74, 6) is 0.910. The highest BCUT2D eigenvalue weighted by molar-refractivity contribution is 7.18. The number of anilines is 1. The molecule has 6 heteroatoms. The number of aromatic nitrogens is 3. The molecule has 4 nitrogen and oxygen atoms in total. The Balaban J connectivity index is 2.25. The number of thiophene rings is 1. The van der Waals surface area contributed by atoms with E-state index in [1.54, 1.807) is 17.4 Å². The molecule has 102 valence electrons. The number of fused-ring (bicyclic) bond motifs is 1. The lowest BCUT2D eigenvalue weighted by Crippen LogP contribution is -1.99. The summed E-state index contributed by atoms with van der Waals surface area (Å²) in [6.45, 7) is 4.13. The van der Waals surface area contributed by atoms with Crippen LogP contribution in [0.5, 0.6) is 0 Å². The van der Waals surface area contributed by atoms with Gasteiger partial charge in [0.05, 0.1) is 11.6 Å². The van der Waals surface area contributed by atoms with E-state index in [1.165, 1.54) is 22.7 Å². The van der Waals surface area contributed by atoms with E-state index in [2.05, 4.69) is 34.1 Å². The highest BCUT2D eigenvalue weighted by Crippen LogP contribution is 2.34. The molecule has 0 saturated heterocycles. The molecular formula is C14H13FN4S. The Morgan fingerprint density at radius 3 is 2.65 bits per heavy atom. The van der Waals surface area contributed by atoms with Crippen molar-refractivity contribution in [2.45, 2.75) is 13.8 Å². The highest BCUT2D eigenvalue weighted by Gasteiger charge is 2.15. The van der Waals surface area contributed by atoms with Crippen molar-refractivity contribution in [2.75, 3.05) is 12.4 Å². The second-order valence-electron chi connectivity index (χ2n) is 4.47. The lowest BCUT2D eigenvalue weighted by Gasteiger charge is -2.05. The summed E-state index contributed by atoms with van der Waals surface area (Å²) in [6.07, 6.45) is 1.17. The third-order valence-electron chi connectivity index (χ3n) is 3.22. The topological polar surface area (TPSA) is 50.7 Å². The van der Waals surface area contributed by atoms with Crippen molar-refractivity contribution in [3.8, 4) is 11.5 Å². The first-order valence-corrected chi connectivity index (χ1v) is 6.99. The fraction of sp³-hybridized carbons (Fsp3) is 0.214. The minimum absolute atomic E-state index is 0.369. The molecule has 0 aliphatic rings. The number of nitrogens with zero attached hydrogens (tertiary/aromatic N) is 3. The molecule has 0 bridgehead atoms. The van der Waals surface area contributed by atoms with Gasteiger partial charge in [0.1, 0.15) is 22.2 Å². The van der Waals surface area contributed by atoms with Crippen LogP contribution in [0.3, 0.4) is 0 Å². The minimum Gasteiger partial charge on any atom is -0.372 e. The lowest BCUT2D eigenvalue weighted by molar-refractivity contribution is 0.621. The quantitative estimate of drug-likeness (QED) is 0.783. The Morgan fingerprint density at radius 2 is 2.00 bits per heavy atom. The van der Waals surface area contributed by atoms with Crippen molar-refractivity contribution in [1.82, 2.24) is 15.0 Å². The van der Waals surface area contributed by atoms with Gasteiger partial charge in [0, 0.05) is 11.9 Å². The zero-order valence-electron chi connectivity index (χ0n) is 11.4. The van der Waals surface area contributed by atoms with Crippen LogP contribution >= 0.6 is 11.3 Å². The van der Waals surface area contributed by atoms with Crippen LogP contribution in [-0.2, 0) is 0 Å². The molecule has 3 aromatic heterocycles. The lowest BCUT2D eigenvalue weighted by atomic mass is 10.2. The predicted molar refractivity (Wildman–Crippen MR) is 79.6 cm³/mol. The maximum atomic E-state index is 12.9. The molecule has 3 aromatic rings. The first kappa shape index (κ1) is 12.9. The van der Waals surface area contributed by atoms with E-state index < -0.39 is 0 Å². The van der Waals surface area contributed by atoms with Crippen LogP contribution < -0.4 is 5.32 Å². The summed E-state index contributed by atoms with van der Waals surface area (Å²) in [7, 11) is 1.83. The van der Waals surface area contributed by atoms with Crippen molar-refractivity contribution in [2.24, 2.45) is 0 Å². The zero-order valence-corrected chi connectivity index (χ0v) is 12.2. The maximum Gasteiger partial charge on any atom is 0.181 e. The van der Waals surface area contributed by atoms with E-state index >= 15 is 0 Å². The third-order valence-corrected chi connectivity index (χ3v) is 4.32. The third kappa shape index (κ3) is 2.02. The molecule has 0 saturated carbocycles.